The standard InChI is InChI=1S/C37H37N2P2/c1-2-3-29-39(40(34-25-15-7-16-26-34)35-27-17-8-18-28-35)41-36(31-19-9-4-10-20-31)30-38(33-23-13-6-14-24-33)37(41)32-21-11-5-12-22-32/h4-28,30,36-37H,2-3,29H2,1H3/q+1/t36-,37+,41?/m0/s1. The third-order valence-corrected chi connectivity index (χ3v) is 13.8. The average molecular weight is 572 g/mol. The number of rotatable bonds is 10. The largest absolute Gasteiger partial charge is 0.245 e. The van der Waals surface area contributed by atoms with E-state index in [1.54, 1.807) is 0 Å². The van der Waals surface area contributed by atoms with E-state index < -0.39 is 16.1 Å². The highest BCUT2D eigenvalue weighted by molar-refractivity contribution is 7.79. The maximum absolute atomic E-state index is 2.95. The minimum atomic E-state index is -0.743. The normalized spacial score (nSPS) is 18.5. The van der Waals surface area contributed by atoms with Gasteiger partial charge in [0.05, 0.1) is 8.07 Å². The Hall–Kier alpha value is -3.41. The molecule has 3 atom stereocenters. The predicted octanol–water partition coefficient (Wildman–Crippen LogP) is 9.40. The lowest BCUT2D eigenvalue weighted by atomic mass is 10.1. The molecule has 0 N–H and O–H groups in total. The summed E-state index contributed by atoms with van der Waals surface area (Å²) in [4.78, 5) is 0. The van der Waals surface area contributed by atoms with E-state index >= 15 is 0 Å². The number of benzene rings is 5. The zero-order valence-corrected chi connectivity index (χ0v) is 25.4. The highest BCUT2D eigenvalue weighted by Gasteiger charge is 2.51. The van der Waals surface area contributed by atoms with Gasteiger partial charge in [-0.2, -0.15) is 4.58 Å². The Kier molecular flexibility index (Phi) is 9.14. The van der Waals surface area contributed by atoms with Crippen molar-refractivity contribution in [2.45, 2.75) is 31.2 Å². The molecule has 41 heavy (non-hydrogen) atoms. The Morgan fingerprint density at radius 2 is 1.07 bits per heavy atom. The van der Waals surface area contributed by atoms with E-state index in [4.69, 9.17) is 0 Å². The van der Waals surface area contributed by atoms with E-state index in [1.165, 1.54) is 40.3 Å². The zero-order valence-electron chi connectivity index (χ0n) is 23.6. The first kappa shape index (κ1) is 27.7. The Morgan fingerprint density at radius 1 is 0.610 bits per heavy atom. The number of hydrogen-bond acceptors (Lipinski definition) is 1. The van der Waals surface area contributed by atoms with Gasteiger partial charge in [0.15, 0.2) is 6.21 Å². The average Bonchev–Trinajstić information content (AvgIpc) is 3.45. The molecule has 0 saturated carbocycles. The molecule has 0 aromatic heterocycles. The van der Waals surface area contributed by atoms with Crippen molar-refractivity contribution in [2.24, 2.45) is 0 Å². The molecule has 0 amide bonds. The molecule has 1 aliphatic heterocycles. The van der Waals surface area contributed by atoms with E-state index in [9.17, 15) is 0 Å². The Labute approximate surface area is 247 Å². The fourth-order valence-corrected chi connectivity index (χ4v) is 12.8. The van der Waals surface area contributed by atoms with Crippen LogP contribution in [0.1, 0.15) is 42.3 Å². The van der Waals surface area contributed by atoms with Crippen LogP contribution in [0.5, 0.6) is 0 Å². The van der Waals surface area contributed by atoms with E-state index in [0.29, 0.717) is 5.66 Å². The molecule has 0 bridgehead atoms. The van der Waals surface area contributed by atoms with Crippen LogP contribution in [0.4, 0.5) is 5.69 Å². The number of nitrogens with zero attached hydrogens (tertiary/aromatic N) is 2. The van der Waals surface area contributed by atoms with Gasteiger partial charge in [0.2, 0.25) is 11.5 Å². The first-order valence-corrected chi connectivity index (χ1v) is 17.3. The summed E-state index contributed by atoms with van der Waals surface area (Å²) >= 11 is 0. The van der Waals surface area contributed by atoms with Crippen molar-refractivity contribution in [2.75, 3.05) is 6.54 Å². The van der Waals surface area contributed by atoms with Gasteiger partial charge >= 0.3 is 0 Å². The highest BCUT2D eigenvalue weighted by Crippen LogP contribution is 2.72. The second kappa shape index (κ2) is 13.5. The number of unbranched alkanes of at least 4 members (excludes halogenated alkanes) is 1. The van der Waals surface area contributed by atoms with Crippen molar-refractivity contribution in [3.63, 3.8) is 0 Å². The van der Waals surface area contributed by atoms with E-state index in [1.807, 2.05) is 0 Å². The zero-order chi connectivity index (χ0) is 27.9. The summed E-state index contributed by atoms with van der Waals surface area (Å²) in [6, 6.07) is 55.9. The maximum Gasteiger partial charge on any atom is 0.215 e. The Morgan fingerprint density at radius 3 is 1.59 bits per heavy atom. The van der Waals surface area contributed by atoms with Crippen molar-refractivity contribution >= 4 is 38.7 Å². The number of hydrogen-bond donors (Lipinski definition) is 0. The molecule has 0 fully saturated rings. The molecule has 2 nitrogen and oxygen atoms in total. The number of para-hydroxylation sites is 1. The highest BCUT2D eigenvalue weighted by atomic mass is 31.2. The van der Waals surface area contributed by atoms with Gasteiger partial charge in [-0.3, -0.25) is 0 Å². The second-order valence-electron chi connectivity index (χ2n) is 10.3. The van der Waals surface area contributed by atoms with Gasteiger partial charge in [-0.1, -0.05) is 153 Å². The molecule has 204 valence electrons. The minimum Gasteiger partial charge on any atom is -0.245 e. The van der Waals surface area contributed by atoms with Crippen LogP contribution >= 0.6 is 16.1 Å². The molecular weight excluding hydrogens is 534 g/mol. The third-order valence-electron chi connectivity index (χ3n) is 7.60. The van der Waals surface area contributed by atoms with Crippen LogP contribution in [0, 0.1) is 0 Å². The molecular formula is C37H37N2P2+. The van der Waals surface area contributed by atoms with Crippen LogP contribution in [0.3, 0.4) is 0 Å². The van der Waals surface area contributed by atoms with Crippen molar-refractivity contribution in [3.05, 3.63) is 163 Å². The van der Waals surface area contributed by atoms with Gasteiger partial charge in [-0.05, 0) is 22.6 Å². The third kappa shape index (κ3) is 6.12. The van der Waals surface area contributed by atoms with Gasteiger partial charge in [0.1, 0.15) is 5.66 Å². The summed E-state index contributed by atoms with van der Waals surface area (Å²) in [5.74, 6) is 0.230. The van der Waals surface area contributed by atoms with Crippen LogP contribution < -0.4 is 10.6 Å². The van der Waals surface area contributed by atoms with Gasteiger partial charge in [-0.15, -0.1) is 0 Å². The topological polar surface area (TPSA) is 6.25 Å². The predicted molar refractivity (Wildman–Crippen MR) is 178 cm³/mol. The first-order chi connectivity index (χ1) is 20.3. The van der Waals surface area contributed by atoms with Gasteiger partial charge in [0, 0.05) is 32.3 Å². The van der Waals surface area contributed by atoms with Crippen LogP contribution in [-0.2, 0) is 0 Å². The van der Waals surface area contributed by atoms with Crippen molar-refractivity contribution in [1.29, 1.82) is 0 Å². The lowest BCUT2D eigenvalue weighted by Gasteiger charge is -2.40. The molecule has 0 saturated heterocycles. The minimum absolute atomic E-state index is 0.230. The summed E-state index contributed by atoms with van der Waals surface area (Å²) in [5.41, 5.74) is 4.34. The Bertz CT molecular complexity index is 1490. The molecule has 5 aromatic carbocycles. The molecule has 1 heterocycles. The molecule has 1 unspecified atom stereocenters. The SMILES string of the molecule is CCCCN(P(c1ccccc1)c1ccccc1)P1[C@H](c2ccccc2)[N+](c2ccccc2)=C[C@H]1c1ccccc1. The molecule has 1 aliphatic rings. The van der Waals surface area contributed by atoms with Gasteiger partial charge in [-0.25, -0.2) is 4.44 Å². The summed E-state index contributed by atoms with van der Waals surface area (Å²) in [6.07, 6.45) is 4.88. The van der Waals surface area contributed by atoms with E-state index in [-0.39, 0.29) is 5.78 Å². The summed E-state index contributed by atoms with van der Waals surface area (Å²) in [6.45, 7) is 3.39. The molecule has 4 heteroatoms. The lowest BCUT2D eigenvalue weighted by Crippen LogP contribution is -2.28. The van der Waals surface area contributed by atoms with E-state index in [0.717, 1.165) is 6.54 Å². The molecule has 0 aliphatic carbocycles. The fourth-order valence-electron chi connectivity index (χ4n) is 5.68. The Balaban J connectivity index is 1.59. The summed E-state index contributed by atoms with van der Waals surface area (Å²) in [7, 11) is -1.46. The van der Waals surface area contributed by atoms with Crippen molar-refractivity contribution in [1.82, 2.24) is 4.44 Å². The molecule has 0 radical (unpaired) electrons. The van der Waals surface area contributed by atoms with Crippen LogP contribution in [0.25, 0.3) is 0 Å². The first-order valence-electron chi connectivity index (χ1n) is 14.6. The van der Waals surface area contributed by atoms with Gasteiger partial charge in [0.25, 0.3) is 0 Å². The van der Waals surface area contributed by atoms with E-state index in [2.05, 4.69) is 174 Å². The van der Waals surface area contributed by atoms with Crippen molar-refractivity contribution < 1.29 is 4.58 Å². The van der Waals surface area contributed by atoms with Crippen LogP contribution in [-0.4, -0.2) is 21.8 Å². The molecule has 6 rings (SSSR count). The van der Waals surface area contributed by atoms with Crippen LogP contribution in [0.15, 0.2) is 152 Å². The summed E-state index contributed by atoms with van der Waals surface area (Å²) in [5, 5.41) is 2.84. The maximum atomic E-state index is 2.95. The monoisotopic (exact) mass is 571 g/mol. The van der Waals surface area contributed by atoms with Crippen molar-refractivity contribution in [3.8, 4) is 0 Å². The summed E-state index contributed by atoms with van der Waals surface area (Å²) < 4.78 is 5.54. The lowest BCUT2D eigenvalue weighted by molar-refractivity contribution is -0.456. The van der Waals surface area contributed by atoms with Crippen LogP contribution in [0.2, 0.25) is 0 Å². The smallest absolute Gasteiger partial charge is 0.215 e. The fraction of sp³-hybridized carbons (Fsp3) is 0.162. The van der Waals surface area contributed by atoms with Gasteiger partial charge < -0.3 is 0 Å². The molecule has 0 spiro atoms. The second-order valence-corrected chi connectivity index (χ2v) is 15.1. The quantitative estimate of drug-likeness (QED) is 0.120. The molecule has 5 aromatic rings.